The van der Waals surface area contributed by atoms with E-state index < -0.39 is 41.3 Å². The molecule has 11 heteroatoms. The molecule has 0 saturated heterocycles. The molecule has 2 rings (SSSR count). The maximum Gasteiger partial charge on any atom is 0.387 e. The summed E-state index contributed by atoms with van der Waals surface area (Å²) in [6, 6.07) is 6.12. The molecule has 0 aliphatic heterocycles. The predicted octanol–water partition coefficient (Wildman–Crippen LogP) is 4.01. The molecule has 0 aliphatic carbocycles. The number of benzene rings is 2. The van der Waals surface area contributed by atoms with Crippen LogP contribution in [0, 0.1) is 15.9 Å². The lowest BCUT2D eigenvalue weighted by atomic mass is 10.3. The molecule has 0 heterocycles. The minimum absolute atomic E-state index is 0.152. The van der Waals surface area contributed by atoms with Crippen molar-refractivity contribution >= 4 is 28.9 Å². The van der Waals surface area contributed by atoms with Crippen LogP contribution in [-0.2, 0) is 4.79 Å². The highest BCUT2D eigenvalue weighted by molar-refractivity contribution is 6.32. The lowest BCUT2D eigenvalue weighted by molar-refractivity contribution is -0.385. The Morgan fingerprint density at radius 2 is 1.96 bits per heavy atom. The van der Waals surface area contributed by atoms with E-state index in [2.05, 4.69) is 10.1 Å². The monoisotopic (exact) mass is 390 g/mol. The number of ether oxygens (including phenoxy) is 2. The van der Waals surface area contributed by atoms with E-state index in [0.29, 0.717) is 0 Å². The molecule has 7 nitrogen and oxygen atoms in total. The number of amides is 1. The third-order valence-corrected chi connectivity index (χ3v) is 3.20. The normalized spacial score (nSPS) is 10.5. The van der Waals surface area contributed by atoms with Crippen LogP contribution in [0.15, 0.2) is 36.4 Å². The molecule has 0 spiro atoms. The summed E-state index contributed by atoms with van der Waals surface area (Å²) >= 11 is 5.75. The Kier molecular flexibility index (Phi) is 6.23. The molecule has 0 saturated carbocycles. The number of nitrogens with one attached hydrogen (secondary N) is 1. The summed E-state index contributed by atoms with van der Waals surface area (Å²) in [5.41, 5.74) is -0.352. The van der Waals surface area contributed by atoms with Crippen LogP contribution in [0.5, 0.6) is 11.5 Å². The zero-order valence-electron chi connectivity index (χ0n) is 12.7. The molecule has 0 aliphatic rings. The average Bonchev–Trinajstić information content (AvgIpc) is 2.55. The van der Waals surface area contributed by atoms with Gasteiger partial charge in [0.1, 0.15) is 11.6 Å². The van der Waals surface area contributed by atoms with Gasteiger partial charge < -0.3 is 14.8 Å². The maximum absolute atomic E-state index is 13.2. The van der Waals surface area contributed by atoms with Gasteiger partial charge in [0.15, 0.2) is 6.61 Å². The fourth-order valence-electron chi connectivity index (χ4n) is 1.86. The molecule has 138 valence electrons. The van der Waals surface area contributed by atoms with Crippen LogP contribution in [-0.4, -0.2) is 24.0 Å². The quantitative estimate of drug-likeness (QED) is 0.570. The fraction of sp³-hybridized carbons (Fsp3) is 0.133. The van der Waals surface area contributed by atoms with Gasteiger partial charge in [0, 0.05) is 17.8 Å². The number of hydrogen-bond donors (Lipinski definition) is 1. The molecule has 1 amide bonds. The Balaban J connectivity index is 2.00. The standard InChI is InChI=1S/C15H10ClF3N2O5/c16-10-6-9(2-4-12(10)26-15(18)19)20-14(22)7-25-13-5-8(17)1-3-11(13)21(23)24/h1-6,15H,7H2,(H,20,22). The number of nitro groups is 1. The van der Waals surface area contributed by atoms with Gasteiger partial charge in [-0.3, -0.25) is 14.9 Å². The van der Waals surface area contributed by atoms with E-state index in [1.54, 1.807) is 0 Å². The highest BCUT2D eigenvalue weighted by atomic mass is 35.5. The zero-order chi connectivity index (χ0) is 19.3. The van der Waals surface area contributed by atoms with Crippen molar-refractivity contribution in [3.05, 3.63) is 57.4 Å². The average molecular weight is 391 g/mol. The van der Waals surface area contributed by atoms with Gasteiger partial charge in [0.25, 0.3) is 5.91 Å². The molecule has 0 bridgehead atoms. The van der Waals surface area contributed by atoms with E-state index in [0.717, 1.165) is 24.3 Å². The minimum atomic E-state index is -3.05. The Labute approximate surface area is 149 Å². The molecule has 26 heavy (non-hydrogen) atoms. The molecule has 0 aromatic heterocycles. The maximum atomic E-state index is 13.2. The summed E-state index contributed by atoms with van der Waals surface area (Å²) in [5.74, 6) is -2.19. The summed E-state index contributed by atoms with van der Waals surface area (Å²) in [4.78, 5) is 21.9. The van der Waals surface area contributed by atoms with Crippen LogP contribution in [0.2, 0.25) is 5.02 Å². The second-order valence-electron chi connectivity index (χ2n) is 4.73. The van der Waals surface area contributed by atoms with Gasteiger partial charge in [-0.15, -0.1) is 0 Å². The third-order valence-electron chi connectivity index (χ3n) is 2.91. The summed E-state index contributed by atoms with van der Waals surface area (Å²) in [5, 5.41) is 13.0. The van der Waals surface area contributed by atoms with Gasteiger partial charge in [0.05, 0.1) is 9.95 Å². The van der Waals surface area contributed by atoms with Crippen LogP contribution in [0.3, 0.4) is 0 Å². The SMILES string of the molecule is O=C(COc1cc(F)ccc1[N+](=O)[O-])Nc1ccc(OC(F)F)c(Cl)c1. The first-order chi connectivity index (χ1) is 12.3. The zero-order valence-corrected chi connectivity index (χ0v) is 13.5. The summed E-state index contributed by atoms with van der Waals surface area (Å²) in [7, 11) is 0. The van der Waals surface area contributed by atoms with Gasteiger partial charge in [0.2, 0.25) is 5.75 Å². The predicted molar refractivity (Wildman–Crippen MR) is 85.3 cm³/mol. The van der Waals surface area contributed by atoms with Crippen molar-refractivity contribution in [3.63, 3.8) is 0 Å². The number of anilines is 1. The number of nitro benzene ring substituents is 1. The Hall–Kier alpha value is -3.01. The highest BCUT2D eigenvalue weighted by Gasteiger charge is 2.17. The number of hydrogen-bond acceptors (Lipinski definition) is 5. The fourth-order valence-corrected chi connectivity index (χ4v) is 2.09. The second kappa shape index (κ2) is 8.39. The van der Waals surface area contributed by atoms with E-state index >= 15 is 0 Å². The molecule has 0 fully saturated rings. The van der Waals surface area contributed by atoms with Crippen molar-refractivity contribution in [3.8, 4) is 11.5 Å². The molecule has 2 aromatic carbocycles. The first-order valence-electron chi connectivity index (χ1n) is 6.87. The largest absolute Gasteiger partial charge is 0.477 e. The highest BCUT2D eigenvalue weighted by Crippen LogP contribution is 2.29. The van der Waals surface area contributed by atoms with E-state index in [9.17, 15) is 28.1 Å². The smallest absolute Gasteiger partial charge is 0.387 e. The number of carbonyl (C=O) groups is 1. The molecule has 0 radical (unpaired) electrons. The van der Waals surface area contributed by atoms with Gasteiger partial charge in [-0.05, 0) is 24.3 Å². The summed E-state index contributed by atoms with van der Waals surface area (Å²) < 4.78 is 46.6. The first-order valence-corrected chi connectivity index (χ1v) is 7.25. The number of alkyl halides is 2. The first kappa shape index (κ1) is 19.3. The number of halogens is 4. The molecule has 1 N–H and O–H groups in total. The van der Waals surface area contributed by atoms with E-state index in [1.807, 2.05) is 0 Å². The Bertz CT molecular complexity index is 835. The molecule has 2 aromatic rings. The van der Waals surface area contributed by atoms with Crippen LogP contribution >= 0.6 is 11.6 Å². The molecule has 0 unspecified atom stereocenters. The second-order valence-corrected chi connectivity index (χ2v) is 5.14. The van der Waals surface area contributed by atoms with Crippen molar-refractivity contribution in [1.82, 2.24) is 0 Å². The van der Waals surface area contributed by atoms with Crippen LogP contribution in [0.1, 0.15) is 0 Å². The summed E-state index contributed by atoms with van der Waals surface area (Å²) in [6.45, 7) is -3.71. The summed E-state index contributed by atoms with van der Waals surface area (Å²) in [6.07, 6.45) is 0. The van der Waals surface area contributed by atoms with Crippen LogP contribution < -0.4 is 14.8 Å². The topological polar surface area (TPSA) is 90.7 Å². The lowest BCUT2D eigenvalue weighted by Gasteiger charge is -2.10. The Morgan fingerprint density at radius 3 is 2.58 bits per heavy atom. The number of carbonyl (C=O) groups excluding carboxylic acids is 1. The Morgan fingerprint density at radius 1 is 1.23 bits per heavy atom. The molecular formula is C15H10ClF3N2O5. The van der Waals surface area contributed by atoms with E-state index in [-0.39, 0.29) is 16.5 Å². The van der Waals surface area contributed by atoms with Gasteiger partial charge in [-0.1, -0.05) is 11.6 Å². The van der Waals surface area contributed by atoms with Crippen LogP contribution in [0.4, 0.5) is 24.5 Å². The molecule has 0 atom stereocenters. The van der Waals surface area contributed by atoms with Crippen molar-refractivity contribution in [2.24, 2.45) is 0 Å². The van der Waals surface area contributed by atoms with Crippen molar-refractivity contribution < 1.29 is 32.4 Å². The van der Waals surface area contributed by atoms with Crippen LogP contribution in [0.25, 0.3) is 0 Å². The van der Waals surface area contributed by atoms with E-state index in [4.69, 9.17) is 16.3 Å². The van der Waals surface area contributed by atoms with E-state index in [1.165, 1.54) is 12.1 Å². The number of rotatable bonds is 7. The van der Waals surface area contributed by atoms with Gasteiger partial charge in [-0.25, -0.2) is 4.39 Å². The number of nitrogens with zero attached hydrogens (tertiary/aromatic N) is 1. The lowest BCUT2D eigenvalue weighted by Crippen LogP contribution is -2.20. The third kappa shape index (κ3) is 5.24. The van der Waals surface area contributed by atoms with Gasteiger partial charge in [-0.2, -0.15) is 8.78 Å². The van der Waals surface area contributed by atoms with Crippen molar-refractivity contribution in [1.29, 1.82) is 0 Å². The minimum Gasteiger partial charge on any atom is -0.477 e. The van der Waals surface area contributed by atoms with Crippen molar-refractivity contribution in [2.45, 2.75) is 6.61 Å². The molecular weight excluding hydrogens is 381 g/mol. The van der Waals surface area contributed by atoms with Crippen molar-refractivity contribution in [2.75, 3.05) is 11.9 Å². The van der Waals surface area contributed by atoms with Gasteiger partial charge >= 0.3 is 12.3 Å².